The second-order valence-electron chi connectivity index (χ2n) is 9.13. The maximum absolute atomic E-state index is 5.54. The maximum atomic E-state index is 5.54. The van der Waals surface area contributed by atoms with E-state index < -0.39 is 0 Å². The van der Waals surface area contributed by atoms with Gasteiger partial charge in [-0.3, -0.25) is 9.89 Å². The first kappa shape index (κ1) is 23.4. The first-order chi connectivity index (χ1) is 13.5. The van der Waals surface area contributed by atoms with Crippen molar-refractivity contribution in [2.24, 2.45) is 16.8 Å². The molecule has 2 heterocycles. The van der Waals surface area contributed by atoms with Crippen molar-refractivity contribution >= 4 is 5.96 Å². The van der Waals surface area contributed by atoms with Crippen molar-refractivity contribution in [1.29, 1.82) is 0 Å². The lowest BCUT2D eigenvalue weighted by atomic mass is 9.97. The molecule has 2 fully saturated rings. The molecular weight excluding hydrogens is 350 g/mol. The van der Waals surface area contributed by atoms with E-state index in [0.29, 0.717) is 23.9 Å². The molecule has 164 valence electrons. The zero-order valence-electron chi connectivity index (χ0n) is 19.0. The maximum Gasteiger partial charge on any atom is 0.191 e. The van der Waals surface area contributed by atoms with Crippen molar-refractivity contribution in [2.75, 3.05) is 59.0 Å². The Labute approximate surface area is 173 Å². The molecular formula is C22H45N5O. The van der Waals surface area contributed by atoms with Crippen LogP contribution in [0.25, 0.3) is 0 Å². The van der Waals surface area contributed by atoms with Crippen molar-refractivity contribution < 1.29 is 4.74 Å². The summed E-state index contributed by atoms with van der Waals surface area (Å²) in [5.74, 6) is 2.37. The van der Waals surface area contributed by atoms with Crippen molar-refractivity contribution in [2.45, 2.75) is 66.0 Å². The average Bonchev–Trinajstić information content (AvgIpc) is 2.69. The van der Waals surface area contributed by atoms with E-state index in [-0.39, 0.29) is 0 Å². The fourth-order valence-electron chi connectivity index (χ4n) is 4.34. The molecule has 0 aromatic heterocycles. The van der Waals surface area contributed by atoms with Crippen LogP contribution in [0, 0.1) is 11.8 Å². The molecule has 0 bridgehead atoms. The molecule has 0 radical (unpaired) electrons. The summed E-state index contributed by atoms with van der Waals surface area (Å²) in [5.41, 5.74) is 0. The van der Waals surface area contributed by atoms with Crippen molar-refractivity contribution in [3.63, 3.8) is 0 Å². The number of guanidine groups is 1. The number of nitrogens with zero attached hydrogens (tertiary/aromatic N) is 3. The molecule has 0 aromatic rings. The third-order valence-corrected chi connectivity index (χ3v) is 5.95. The van der Waals surface area contributed by atoms with Crippen molar-refractivity contribution in [3.05, 3.63) is 0 Å². The van der Waals surface area contributed by atoms with E-state index in [1.54, 1.807) is 0 Å². The Morgan fingerprint density at radius 1 is 1.07 bits per heavy atom. The smallest absolute Gasteiger partial charge is 0.191 e. The topological polar surface area (TPSA) is 52.1 Å². The molecule has 28 heavy (non-hydrogen) atoms. The van der Waals surface area contributed by atoms with Crippen LogP contribution in [0.2, 0.25) is 0 Å². The third kappa shape index (κ3) is 8.26. The number of hydrogen-bond acceptors (Lipinski definition) is 4. The summed E-state index contributed by atoms with van der Waals surface area (Å²) in [6, 6.07) is 1.15. The second kappa shape index (κ2) is 12.7. The first-order valence-electron chi connectivity index (χ1n) is 11.6. The summed E-state index contributed by atoms with van der Waals surface area (Å²) < 4.78 is 5.54. The van der Waals surface area contributed by atoms with E-state index >= 15 is 0 Å². The highest BCUT2D eigenvalue weighted by Crippen LogP contribution is 2.18. The number of hydrogen-bond donors (Lipinski definition) is 2. The molecule has 0 spiro atoms. The van der Waals surface area contributed by atoms with E-state index in [1.807, 2.05) is 0 Å². The second-order valence-corrected chi connectivity index (χ2v) is 9.13. The largest absolute Gasteiger partial charge is 0.379 e. The van der Waals surface area contributed by atoms with Gasteiger partial charge in [0.1, 0.15) is 0 Å². The Kier molecular flexibility index (Phi) is 10.6. The van der Waals surface area contributed by atoms with Gasteiger partial charge in [-0.15, -0.1) is 0 Å². The lowest BCUT2D eigenvalue weighted by molar-refractivity contribution is 0.0143. The molecule has 2 aliphatic heterocycles. The Balaban J connectivity index is 1.89. The van der Waals surface area contributed by atoms with Gasteiger partial charge in [-0.2, -0.15) is 0 Å². The Bertz CT molecular complexity index is 448. The molecule has 0 aromatic carbocycles. The molecule has 0 amide bonds. The fraction of sp³-hybridized carbons (Fsp3) is 0.955. The van der Waals surface area contributed by atoms with Crippen LogP contribution in [-0.2, 0) is 4.74 Å². The van der Waals surface area contributed by atoms with Crippen LogP contribution in [0.15, 0.2) is 4.99 Å². The van der Waals surface area contributed by atoms with Gasteiger partial charge in [0.2, 0.25) is 0 Å². The van der Waals surface area contributed by atoms with E-state index in [4.69, 9.17) is 9.73 Å². The number of likely N-dealkylation sites (tertiary alicyclic amines) is 1. The minimum absolute atomic E-state index is 0.505. The molecule has 2 N–H and O–H groups in total. The molecule has 2 atom stereocenters. The van der Waals surface area contributed by atoms with Gasteiger partial charge in [-0.05, 0) is 58.4 Å². The summed E-state index contributed by atoms with van der Waals surface area (Å²) in [4.78, 5) is 10.2. The number of nitrogens with one attached hydrogen (secondary N) is 2. The number of aliphatic imine (C=N–C) groups is 1. The normalized spacial score (nSPS) is 24.0. The first-order valence-corrected chi connectivity index (χ1v) is 11.6. The Morgan fingerprint density at radius 2 is 1.82 bits per heavy atom. The van der Waals surface area contributed by atoms with Crippen LogP contribution >= 0.6 is 0 Å². The molecule has 6 heteroatoms. The Morgan fingerprint density at radius 3 is 2.46 bits per heavy atom. The zero-order valence-corrected chi connectivity index (χ0v) is 19.0. The molecule has 2 saturated heterocycles. The molecule has 2 aliphatic rings. The van der Waals surface area contributed by atoms with Crippen LogP contribution < -0.4 is 10.6 Å². The number of morpholine rings is 1. The van der Waals surface area contributed by atoms with Gasteiger partial charge < -0.3 is 20.3 Å². The quantitative estimate of drug-likeness (QED) is 0.464. The summed E-state index contributed by atoms with van der Waals surface area (Å²) in [5, 5.41) is 7.08. The highest BCUT2D eigenvalue weighted by Gasteiger charge is 2.23. The van der Waals surface area contributed by atoms with Gasteiger partial charge in [0, 0.05) is 44.8 Å². The summed E-state index contributed by atoms with van der Waals surface area (Å²) in [6.07, 6.45) is 3.82. The summed E-state index contributed by atoms with van der Waals surface area (Å²) in [7, 11) is 0. The molecule has 2 unspecified atom stereocenters. The minimum Gasteiger partial charge on any atom is -0.379 e. The lowest BCUT2D eigenvalue weighted by Crippen LogP contribution is -2.47. The van der Waals surface area contributed by atoms with Crippen LogP contribution in [0.5, 0.6) is 0 Å². The van der Waals surface area contributed by atoms with Gasteiger partial charge in [0.25, 0.3) is 0 Å². The lowest BCUT2D eigenvalue weighted by Gasteiger charge is -2.36. The van der Waals surface area contributed by atoms with Gasteiger partial charge in [-0.25, -0.2) is 0 Å². The number of rotatable bonds is 9. The predicted molar refractivity (Wildman–Crippen MR) is 119 cm³/mol. The van der Waals surface area contributed by atoms with E-state index in [9.17, 15) is 0 Å². The molecule has 0 saturated carbocycles. The zero-order chi connectivity index (χ0) is 20.4. The average molecular weight is 396 g/mol. The fourth-order valence-corrected chi connectivity index (χ4v) is 4.34. The summed E-state index contributed by atoms with van der Waals surface area (Å²) in [6.45, 7) is 20.4. The van der Waals surface area contributed by atoms with E-state index in [0.717, 1.165) is 51.9 Å². The summed E-state index contributed by atoms with van der Waals surface area (Å²) >= 11 is 0. The monoisotopic (exact) mass is 395 g/mol. The van der Waals surface area contributed by atoms with E-state index in [2.05, 4.69) is 55.1 Å². The van der Waals surface area contributed by atoms with Crippen LogP contribution in [0.1, 0.15) is 53.9 Å². The van der Waals surface area contributed by atoms with E-state index in [1.165, 1.54) is 32.4 Å². The van der Waals surface area contributed by atoms with Crippen LogP contribution in [-0.4, -0.2) is 86.9 Å². The highest BCUT2D eigenvalue weighted by molar-refractivity contribution is 5.79. The Hall–Kier alpha value is -0.850. The van der Waals surface area contributed by atoms with Gasteiger partial charge in [-0.1, -0.05) is 13.8 Å². The standard InChI is InChI=1S/C22H45N5O/c1-6-23-22(24-15-20-8-7-9-27(17-20)19(4)5)25-16-21(14-18(2)3)26-10-12-28-13-11-26/h18-21H,6-17H2,1-5H3,(H2,23,24,25). The predicted octanol–water partition coefficient (Wildman–Crippen LogP) is 2.41. The van der Waals surface area contributed by atoms with Crippen LogP contribution in [0.3, 0.4) is 0 Å². The van der Waals surface area contributed by atoms with Crippen molar-refractivity contribution in [3.8, 4) is 0 Å². The van der Waals surface area contributed by atoms with Crippen molar-refractivity contribution in [1.82, 2.24) is 20.4 Å². The molecule has 0 aliphatic carbocycles. The molecule has 6 nitrogen and oxygen atoms in total. The SMILES string of the molecule is CCNC(=NCC(CC(C)C)N1CCOCC1)NCC1CCCN(C(C)C)C1. The minimum atomic E-state index is 0.505. The van der Waals surface area contributed by atoms with Gasteiger partial charge in [0.15, 0.2) is 5.96 Å². The van der Waals surface area contributed by atoms with Gasteiger partial charge >= 0.3 is 0 Å². The third-order valence-electron chi connectivity index (χ3n) is 5.95. The molecule has 2 rings (SSSR count). The number of piperidine rings is 1. The van der Waals surface area contributed by atoms with Crippen LogP contribution in [0.4, 0.5) is 0 Å². The van der Waals surface area contributed by atoms with Gasteiger partial charge in [0.05, 0.1) is 19.8 Å². The highest BCUT2D eigenvalue weighted by atomic mass is 16.5. The number of ether oxygens (including phenoxy) is 1.